The second kappa shape index (κ2) is 5.58. The number of rotatable bonds is 3. The maximum Gasteiger partial charge on any atom is 0.223 e. The maximum absolute atomic E-state index is 12.2. The predicted molar refractivity (Wildman–Crippen MR) is 73.0 cm³/mol. The first-order valence-electron chi connectivity index (χ1n) is 6.48. The molecule has 2 heterocycles. The summed E-state index contributed by atoms with van der Waals surface area (Å²) in [6.45, 7) is 0.306. The van der Waals surface area contributed by atoms with Gasteiger partial charge in [0.2, 0.25) is 5.91 Å². The van der Waals surface area contributed by atoms with Crippen LogP contribution >= 0.6 is 11.6 Å². The van der Waals surface area contributed by atoms with Crippen molar-refractivity contribution in [1.29, 1.82) is 0 Å². The number of carbonyl (C=O) groups excluding carboxylic acids is 1. The summed E-state index contributed by atoms with van der Waals surface area (Å²) < 4.78 is 0. The number of nitrogens with zero attached hydrogens (tertiary/aromatic N) is 3. The van der Waals surface area contributed by atoms with Crippen molar-refractivity contribution in [1.82, 2.24) is 25.5 Å². The topological polar surface area (TPSA) is 83.6 Å². The normalized spacial score (nSPS) is 17.6. The van der Waals surface area contributed by atoms with Crippen LogP contribution in [-0.4, -0.2) is 26.1 Å². The van der Waals surface area contributed by atoms with Gasteiger partial charge in [-0.05, 0) is 24.8 Å². The van der Waals surface area contributed by atoms with E-state index in [1.165, 1.54) is 6.20 Å². The lowest BCUT2D eigenvalue weighted by molar-refractivity contribution is -0.125. The highest BCUT2D eigenvalue weighted by Crippen LogP contribution is 2.23. The van der Waals surface area contributed by atoms with E-state index in [1.54, 1.807) is 12.4 Å². The summed E-state index contributed by atoms with van der Waals surface area (Å²) in [5.41, 5.74) is 2.86. The van der Waals surface area contributed by atoms with Crippen LogP contribution in [0.4, 0.5) is 0 Å². The third kappa shape index (κ3) is 2.65. The number of H-pyrrole nitrogens is 1. The summed E-state index contributed by atoms with van der Waals surface area (Å²) in [5, 5.41) is 10.2. The smallest absolute Gasteiger partial charge is 0.223 e. The van der Waals surface area contributed by atoms with E-state index in [1.807, 2.05) is 0 Å². The zero-order valence-electron chi connectivity index (χ0n) is 10.8. The van der Waals surface area contributed by atoms with Crippen LogP contribution in [0.15, 0.2) is 18.6 Å². The van der Waals surface area contributed by atoms with Gasteiger partial charge in [0.1, 0.15) is 0 Å². The van der Waals surface area contributed by atoms with Crippen molar-refractivity contribution in [3.05, 3.63) is 40.7 Å². The Hall–Kier alpha value is -1.95. The lowest BCUT2D eigenvalue weighted by atomic mass is 9.87. The van der Waals surface area contributed by atoms with Gasteiger partial charge in [0, 0.05) is 24.0 Å². The van der Waals surface area contributed by atoms with E-state index in [0.29, 0.717) is 17.4 Å². The molecule has 1 amide bonds. The fraction of sp³-hybridized carbons (Fsp3) is 0.385. The molecule has 20 heavy (non-hydrogen) atoms. The van der Waals surface area contributed by atoms with Gasteiger partial charge < -0.3 is 5.32 Å². The molecule has 1 aliphatic rings. The average Bonchev–Trinajstić information content (AvgIpc) is 2.93. The molecule has 2 N–H and O–H groups in total. The van der Waals surface area contributed by atoms with Crippen LogP contribution in [0.1, 0.15) is 23.4 Å². The first-order valence-corrected chi connectivity index (χ1v) is 6.86. The zero-order chi connectivity index (χ0) is 13.9. The lowest BCUT2D eigenvalue weighted by Gasteiger charge is -2.20. The van der Waals surface area contributed by atoms with Crippen LogP contribution in [0.2, 0.25) is 5.15 Å². The number of hydrogen-bond donors (Lipinski definition) is 2. The Balaban J connectivity index is 1.59. The SMILES string of the molecule is O=C(NCc1nccnc1Cl)C1CCc2[nH]ncc2C1. The van der Waals surface area contributed by atoms with Gasteiger partial charge in [-0.3, -0.25) is 14.9 Å². The average molecular weight is 292 g/mol. The van der Waals surface area contributed by atoms with E-state index in [0.717, 1.165) is 30.5 Å². The molecule has 6 nitrogen and oxygen atoms in total. The fourth-order valence-electron chi connectivity index (χ4n) is 2.42. The van der Waals surface area contributed by atoms with Gasteiger partial charge in [-0.1, -0.05) is 11.6 Å². The molecule has 7 heteroatoms. The third-order valence-corrected chi connectivity index (χ3v) is 3.86. The van der Waals surface area contributed by atoms with Crippen molar-refractivity contribution in [2.45, 2.75) is 25.8 Å². The Labute approximate surface area is 121 Å². The number of aryl methyl sites for hydroxylation is 1. The summed E-state index contributed by atoms with van der Waals surface area (Å²) in [6.07, 6.45) is 7.30. The molecule has 3 rings (SSSR count). The number of carbonyl (C=O) groups is 1. The Morgan fingerprint density at radius 1 is 1.45 bits per heavy atom. The predicted octanol–water partition coefficient (Wildman–Crippen LogP) is 1.27. The molecule has 0 spiro atoms. The number of fused-ring (bicyclic) bond motifs is 1. The molecule has 0 aromatic carbocycles. The van der Waals surface area contributed by atoms with E-state index >= 15 is 0 Å². The highest BCUT2D eigenvalue weighted by atomic mass is 35.5. The van der Waals surface area contributed by atoms with Gasteiger partial charge in [0.25, 0.3) is 0 Å². The van der Waals surface area contributed by atoms with Gasteiger partial charge in [-0.2, -0.15) is 5.10 Å². The molecule has 0 aliphatic heterocycles. The number of aromatic amines is 1. The minimum Gasteiger partial charge on any atom is -0.350 e. The van der Waals surface area contributed by atoms with Crippen molar-refractivity contribution in [3.8, 4) is 0 Å². The highest BCUT2D eigenvalue weighted by Gasteiger charge is 2.25. The number of aromatic nitrogens is 4. The Kier molecular flexibility index (Phi) is 3.64. The van der Waals surface area contributed by atoms with Gasteiger partial charge in [-0.15, -0.1) is 0 Å². The molecule has 0 fully saturated rings. The minimum absolute atomic E-state index is 0.0180. The summed E-state index contributed by atoms with van der Waals surface area (Å²) in [7, 11) is 0. The van der Waals surface area contributed by atoms with E-state index in [-0.39, 0.29) is 11.8 Å². The maximum atomic E-state index is 12.2. The Morgan fingerprint density at radius 2 is 2.30 bits per heavy atom. The molecule has 1 unspecified atom stereocenters. The summed E-state index contributed by atoms with van der Waals surface area (Å²) in [6, 6.07) is 0. The summed E-state index contributed by atoms with van der Waals surface area (Å²) >= 11 is 5.91. The highest BCUT2D eigenvalue weighted by molar-refractivity contribution is 6.29. The van der Waals surface area contributed by atoms with Crippen LogP contribution in [0, 0.1) is 5.92 Å². The number of halogens is 1. The van der Waals surface area contributed by atoms with Crippen LogP contribution in [0.3, 0.4) is 0 Å². The molecule has 0 saturated heterocycles. The number of amides is 1. The second-order valence-corrected chi connectivity index (χ2v) is 5.18. The van der Waals surface area contributed by atoms with Crippen LogP contribution < -0.4 is 5.32 Å². The lowest BCUT2D eigenvalue weighted by Crippen LogP contribution is -2.33. The van der Waals surface area contributed by atoms with Gasteiger partial charge in [-0.25, -0.2) is 4.98 Å². The molecule has 1 atom stereocenters. The molecular formula is C13H14ClN5O. The molecule has 0 saturated carbocycles. The molecule has 1 aliphatic carbocycles. The van der Waals surface area contributed by atoms with Crippen LogP contribution in [0.25, 0.3) is 0 Å². The summed E-state index contributed by atoms with van der Waals surface area (Å²) in [5.74, 6) is 0.00844. The molecule has 2 aromatic rings. The van der Waals surface area contributed by atoms with E-state index in [2.05, 4.69) is 25.5 Å². The zero-order valence-corrected chi connectivity index (χ0v) is 11.5. The standard InChI is InChI=1S/C13H14ClN5O/c14-12-11(15-3-4-16-12)7-17-13(20)8-1-2-10-9(5-8)6-18-19-10/h3-4,6,8H,1-2,5,7H2,(H,17,20)(H,18,19). The number of hydrogen-bond acceptors (Lipinski definition) is 4. The monoisotopic (exact) mass is 291 g/mol. The first kappa shape index (κ1) is 13.1. The van der Waals surface area contributed by atoms with E-state index < -0.39 is 0 Å². The minimum atomic E-state index is -0.0180. The van der Waals surface area contributed by atoms with Crippen LogP contribution in [0.5, 0.6) is 0 Å². The van der Waals surface area contributed by atoms with Crippen molar-refractivity contribution in [2.24, 2.45) is 5.92 Å². The fourth-order valence-corrected chi connectivity index (χ4v) is 2.60. The number of nitrogens with one attached hydrogen (secondary N) is 2. The van der Waals surface area contributed by atoms with E-state index in [9.17, 15) is 4.79 Å². The largest absolute Gasteiger partial charge is 0.350 e. The van der Waals surface area contributed by atoms with Gasteiger partial charge in [0.05, 0.1) is 18.4 Å². The van der Waals surface area contributed by atoms with Gasteiger partial charge >= 0.3 is 0 Å². The third-order valence-electron chi connectivity index (χ3n) is 3.54. The molecule has 0 radical (unpaired) electrons. The van der Waals surface area contributed by atoms with Gasteiger partial charge in [0.15, 0.2) is 5.15 Å². The van der Waals surface area contributed by atoms with Crippen molar-refractivity contribution >= 4 is 17.5 Å². The Bertz CT molecular complexity index is 627. The van der Waals surface area contributed by atoms with Crippen molar-refractivity contribution < 1.29 is 4.79 Å². The molecule has 2 aromatic heterocycles. The first-order chi connectivity index (χ1) is 9.74. The molecular weight excluding hydrogens is 278 g/mol. The van der Waals surface area contributed by atoms with E-state index in [4.69, 9.17) is 11.6 Å². The van der Waals surface area contributed by atoms with Crippen LogP contribution in [-0.2, 0) is 24.2 Å². The second-order valence-electron chi connectivity index (χ2n) is 4.83. The van der Waals surface area contributed by atoms with Crippen molar-refractivity contribution in [2.75, 3.05) is 0 Å². The van der Waals surface area contributed by atoms with Crippen molar-refractivity contribution in [3.63, 3.8) is 0 Å². The summed E-state index contributed by atoms with van der Waals surface area (Å²) in [4.78, 5) is 20.2. The quantitative estimate of drug-likeness (QED) is 0.892. The Morgan fingerprint density at radius 3 is 3.15 bits per heavy atom. The molecule has 104 valence electrons. The molecule has 0 bridgehead atoms.